The summed E-state index contributed by atoms with van der Waals surface area (Å²) >= 11 is 0. The number of aromatic nitrogens is 1. The van der Waals surface area contributed by atoms with Gasteiger partial charge in [0.25, 0.3) is 5.91 Å². The van der Waals surface area contributed by atoms with Gasteiger partial charge in [0.1, 0.15) is 6.04 Å². The minimum Gasteiger partial charge on any atom is -0.370 e. The lowest BCUT2D eigenvalue weighted by Gasteiger charge is -2.22. The number of aromatic amines is 1. The van der Waals surface area contributed by atoms with Gasteiger partial charge < -0.3 is 16.0 Å². The number of hydrogen-bond acceptors (Lipinski definition) is 4. The summed E-state index contributed by atoms with van der Waals surface area (Å²) in [5.74, 6) is -2.11. The Bertz CT molecular complexity index is 830. The van der Waals surface area contributed by atoms with Crippen LogP contribution in [0.15, 0.2) is 30.5 Å². The van der Waals surface area contributed by atoms with E-state index in [4.69, 9.17) is 10.9 Å². The Hall–Kier alpha value is -2.87. The molecule has 0 radical (unpaired) electrons. The van der Waals surface area contributed by atoms with Crippen molar-refractivity contribution in [3.8, 4) is 0 Å². The molecule has 2 atom stereocenters. The maximum absolute atomic E-state index is 12.6. The van der Waals surface area contributed by atoms with Crippen molar-refractivity contribution < 1.29 is 19.6 Å². The molecule has 152 valence electrons. The van der Waals surface area contributed by atoms with Crippen LogP contribution in [0.25, 0.3) is 10.9 Å². The van der Waals surface area contributed by atoms with Crippen LogP contribution in [0.2, 0.25) is 0 Å². The van der Waals surface area contributed by atoms with Crippen LogP contribution in [0.4, 0.5) is 0 Å². The SMILES string of the molecule is CC(C)C[C@H](CC(N)=O)C(=O)N[C@@H](CCc1c[nH]c2ccccc12)C(=O)NO. The van der Waals surface area contributed by atoms with Crippen molar-refractivity contribution in [3.05, 3.63) is 36.0 Å². The molecule has 2 aromatic rings. The molecule has 1 heterocycles. The van der Waals surface area contributed by atoms with Crippen LogP contribution < -0.4 is 16.5 Å². The Morgan fingerprint density at radius 3 is 2.54 bits per heavy atom. The van der Waals surface area contributed by atoms with Gasteiger partial charge in [-0.3, -0.25) is 19.6 Å². The van der Waals surface area contributed by atoms with E-state index in [-0.39, 0.29) is 12.3 Å². The Kier molecular flexibility index (Phi) is 7.57. The largest absolute Gasteiger partial charge is 0.370 e. The van der Waals surface area contributed by atoms with Gasteiger partial charge in [0, 0.05) is 29.4 Å². The van der Waals surface area contributed by atoms with Crippen LogP contribution in [0.3, 0.4) is 0 Å². The summed E-state index contributed by atoms with van der Waals surface area (Å²) in [5.41, 5.74) is 8.86. The molecule has 2 rings (SSSR count). The van der Waals surface area contributed by atoms with E-state index in [0.29, 0.717) is 19.3 Å². The summed E-state index contributed by atoms with van der Waals surface area (Å²) in [6.07, 6.45) is 3.08. The number of nitrogens with one attached hydrogen (secondary N) is 3. The number of hydrogen-bond donors (Lipinski definition) is 5. The summed E-state index contributed by atoms with van der Waals surface area (Å²) in [5, 5.41) is 12.8. The quantitative estimate of drug-likeness (QED) is 0.312. The number of benzene rings is 1. The molecule has 0 fully saturated rings. The van der Waals surface area contributed by atoms with Gasteiger partial charge in [0.15, 0.2) is 0 Å². The van der Waals surface area contributed by atoms with Crippen LogP contribution in [-0.2, 0) is 20.8 Å². The zero-order valence-electron chi connectivity index (χ0n) is 16.2. The highest BCUT2D eigenvalue weighted by Gasteiger charge is 2.27. The highest BCUT2D eigenvalue weighted by Crippen LogP contribution is 2.20. The number of carbonyl (C=O) groups excluding carboxylic acids is 3. The molecule has 8 heteroatoms. The Morgan fingerprint density at radius 1 is 1.18 bits per heavy atom. The second-order valence-electron chi connectivity index (χ2n) is 7.43. The maximum atomic E-state index is 12.6. The van der Waals surface area contributed by atoms with Crippen LogP contribution in [0.5, 0.6) is 0 Å². The van der Waals surface area contributed by atoms with E-state index in [1.807, 2.05) is 44.3 Å². The molecule has 6 N–H and O–H groups in total. The highest BCUT2D eigenvalue weighted by atomic mass is 16.5. The molecule has 0 saturated carbocycles. The predicted octanol–water partition coefficient (Wildman–Crippen LogP) is 1.63. The monoisotopic (exact) mass is 388 g/mol. The molecule has 0 aliphatic heterocycles. The van der Waals surface area contributed by atoms with E-state index in [1.54, 1.807) is 5.48 Å². The van der Waals surface area contributed by atoms with E-state index in [0.717, 1.165) is 16.5 Å². The lowest BCUT2D eigenvalue weighted by atomic mass is 9.92. The first-order valence-corrected chi connectivity index (χ1v) is 9.39. The van der Waals surface area contributed by atoms with Crippen molar-refractivity contribution in [2.24, 2.45) is 17.6 Å². The Morgan fingerprint density at radius 2 is 1.89 bits per heavy atom. The zero-order valence-corrected chi connectivity index (χ0v) is 16.2. The van der Waals surface area contributed by atoms with Gasteiger partial charge in [0.2, 0.25) is 11.8 Å². The number of amides is 3. The fraction of sp³-hybridized carbons (Fsp3) is 0.450. The predicted molar refractivity (Wildman–Crippen MR) is 105 cm³/mol. The molecule has 0 aliphatic carbocycles. The number of nitrogens with two attached hydrogens (primary N) is 1. The second-order valence-corrected chi connectivity index (χ2v) is 7.43. The standard InChI is InChI=1S/C20H28N4O4/c1-12(2)9-14(10-18(21)25)19(26)23-17(20(27)24-28)8-7-13-11-22-16-6-4-3-5-15(13)16/h3-6,11-12,14,17,22,28H,7-10H2,1-2H3,(H2,21,25)(H,23,26)(H,24,27)/t14-,17+/m1/s1. The van der Waals surface area contributed by atoms with E-state index < -0.39 is 29.7 Å². The van der Waals surface area contributed by atoms with Gasteiger partial charge in [0.05, 0.1) is 0 Å². The number of fused-ring (bicyclic) bond motifs is 1. The van der Waals surface area contributed by atoms with E-state index >= 15 is 0 Å². The van der Waals surface area contributed by atoms with Crippen LogP contribution >= 0.6 is 0 Å². The molecule has 0 unspecified atom stereocenters. The molecular formula is C20H28N4O4. The minimum absolute atomic E-state index is 0.0834. The van der Waals surface area contributed by atoms with Crippen molar-refractivity contribution in [2.45, 2.75) is 45.6 Å². The summed E-state index contributed by atoms with van der Waals surface area (Å²) in [6, 6.07) is 6.87. The number of H-pyrrole nitrogens is 1. The smallest absolute Gasteiger partial charge is 0.265 e. The summed E-state index contributed by atoms with van der Waals surface area (Å²) in [4.78, 5) is 39.2. The summed E-state index contributed by atoms with van der Waals surface area (Å²) in [7, 11) is 0. The number of aryl methyl sites for hydroxylation is 1. The van der Waals surface area contributed by atoms with Gasteiger partial charge in [-0.05, 0) is 36.8 Å². The third kappa shape index (κ3) is 5.82. The summed E-state index contributed by atoms with van der Waals surface area (Å²) in [6.45, 7) is 3.88. The molecule has 8 nitrogen and oxygen atoms in total. The van der Waals surface area contributed by atoms with E-state index in [2.05, 4.69) is 10.3 Å². The fourth-order valence-electron chi connectivity index (χ4n) is 3.37. The molecule has 0 spiro atoms. The third-order valence-corrected chi connectivity index (χ3v) is 4.69. The third-order valence-electron chi connectivity index (χ3n) is 4.69. The van der Waals surface area contributed by atoms with Gasteiger partial charge in [-0.1, -0.05) is 32.0 Å². The van der Waals surface area contributed by atoms with Crippen molar-refractivity contribution in [1.29, 1.82) is 0 Å². The number of para-hydroxylation sites is 1. The average molecular weight is 388 g/mol. The summed E-state index contributed by atoms with van der Waals surface area (Å²) < 4.78 is 0. The Labute approximate surface area is 163 Å². The maximum Gasteiger partial charge on any atom is 0.265 e. The van der Waals surface area contributed by atoms with Gasteiger partial charge in [-0.25, -0.2) is 5.48 Å². The first-order chi connectivity index (χ1) is 13.3. The number of primary amides is 1. The number of carbonyl (C=O) groups is 3. The highest BCUT2D eigenvalue weighted by molar-refractivity contribution is 5.90. The van der Waals surface area contributed by atoms with Gasteiger partial charge in [-0.15, -0.1) is 0 Å². The minimum atomic E-state index is -0.922. The van der Waals surface area contributed by atoms with E-state index in [1.165, 1.54) is 0 Å². The molecule has 0 saturated heterocycles. The average Bonchev–Trinajstić information content (AvgIpc) is 3.06. The van der Waals surface area contributed by atoms with Crippen LogP contribution in [0, 0.1) is 11.8 Å². The molecule has 28 heavy (non-hydrogen) atoms. The molecule has 3 amide bonds. The Balaban J connectivity index is 2.08. The normalized spacial score (nSPS) is 13.3. The number of hydroxylamine groups is 1. The van der Waals surface area contributed by atoms with E-state index in [9.17, 15) is 14.4 Å². The molecule has 1 aromatic heterocycles. The molecular weight excluding hydrogens is 360 g/mol. The lowest BCUT2D eigenvalue weighted by Crippen LogP contribution is -2.48. The van der Waals surface area contributed by atoms with Crippen molar-refractivity contribution >= 4 is 28.6 Å². The van der Waals surface area contributed by atoms with Gasteiger partial charge in [-0.2, -0.15) is 0 Å². The molecule has 0 aliphatic rings. The zero-order chi connectivity index (χ0) is 20.7. The molecule has 0 bridgehead atoms. The van der Waals surface area contributed by atoms with Crippen molar-refractivity contribution in [3.63, 3.8) is 0 Å². The van der Waals surface area contributed by atoms with Crippen molar-refractivity contribution in [2.75, 3.05) is 0 Å². The molecule has 1 aromatic carbocycles. The number of rotatable bonds is 10. The first-order valence-electron chi connectivity index (χ1n) is 9.39. The van der Waals surface area contributed by atoms with Crippen molar-refractivity contribution in [1.82, 2.24) is 15.8 Å². The van der Waals surface area contributed by atoms with Crippen LogP contribution in [0.1, 0.15) is 38.7 Å². The van der Waals surface area contributed by atoms with Gasteiger partial charge >= 0.3 is 0 Å². The first kappa shape index (κ1) is 21.4. The van der Waals surface area contributed by atoms with Crippen LogP contribution in [-0.4, -0.2) is 34.0 Å². The second kappa shape index (κ2) is 9.89. The lowest BCUT2D eigenvalue weighted by molar-refractivity contribution is -0.136. The topological polar surface area (TPSA) is 137 Å². The fourth-order valence-corrected chi connectivity index (χ4v) is 3.37.